The van der Waals surface area contributed by atoms with Crippen LogP contribution in [-0.4, -0.2) is 14.2 Å². The molecule has 1 aliphatic carbocycles. The molecule has 1 saturated carbocycles. The number of rotatable bonds is 3. The van der Waals surface area contributed by atoms with Crippen LogP contribution in [0.15, 0.2) is 27.6 Å². The van der Waals surface area contributed by atoms with Gasteiger partial charge in [-0.25, -0.2) is 8.42 Å². The van der Waals surface area contributed by atoms with Gasteiger partial charge in [-0.15, -0.1) is 0 Å². The minimum atomic E-state index is -3.15. The highest BCUT2D eigenvalue weighted by Crippen LogP contribution is 2.34. The summed E-state index contributed by atoms with van der Waals surface area (Å²) in [7, 11) is -3.15. The smallest absolute Gasteiger partial charge is 0.179 e. The van der Waals surface area contributed by atoms with Crippen LogP contribution in [0.3, 0.4) is 0 Å². The van der Waals surface area contributed by atoms with Crippen LogP contribution in [0.25, 0.3) is 0 Å². The molecule has 0 saturated heterocycles. The Morgan fingerprint density at radius 1 is 1.40 bits per heavy atom. The molecule has 1 aliphatic rings. The first kappa shape index (κ1) is 11.0. The summed E-state index contributed by atoms with van der Waals surface area (Å²) in [6.45, 7) is 0. The Morgan fingerprint density at radius 3 is 2.60 bits per heavy atom. The van der Waals surface area contributed by atoms with Gasteiger partial charge in [-0.1, -0.05) is 0 Å². The highest BCUT2D eigenvalue weighted by atomic mass is 79.9. The Labute approximate surface area is 97.7 Å². The molecule has 0 heterocycles. The average Bonchev–Trinajstić information content (AvgIpc) is 2.86. The molecule has 1 aromatic rings. The fourth-order valence-electron chi connectivity index (χ4n) is 1.45. The second kappa shape index (κ2) is 3.79. The average molecular weight is 290 g/mol. The Kier molecular flexibility index (Phi) is 2.77. The van der Waals surface area contributed by atoms with Gasteiger partial charge in [0.15, 0.2) is 9.84 Å². The van der Waals surface area contributed by atoms with E-state index in [0.717, 1.165) is 12.8 Å². The zero-order chi connectivity index (χ0) is 11.1. The van der Waals surface area contributed by atoms with E-state index < -0.39 is 9.84 Å². The van der Waals surface area contributed by atoms with Gasteiger partial charge in [0, 0.05) is 10.2 Å². The molecule has 2 N–H and O–H groups in total. The van der Waals surface area contributed by atoms with E-state index in [-0.39, 0.29) is 5.75 Å². The third-order valence-electron chi connectivity index (χ3n) is 2.44. The van der Waals surface area contributed by atoms with Crippen LogP contribution in [0, 0.1) is 5.92 Å². The topological polar surface area (TPSA) is 60.2 Å². The quantitative estimate of drug-likeness (QED) is 0.868. The van der Waals surface area contributed by atoms with Gasteiger partial charge in [-0.3, -0.25) is 0 Å². The number of hydrogen-bond acceptors (Lipinski definition) is 3. The minimum absolute atomic E-state index is 0.259. The molecule has 0 radical (unpaired) electrons. The number of halogens is 1. The lowest BCUT2D eigenvalue weighted by atomic mass is 10.3. The van der Waals surface area contributed by atoms with Crippen LogP contribution in [0.4, 0.5) is 5.69 Å². The van der Waals surface area contributed by atoms with Crippen LogP contribution in [0.1, 0.15) is 12.8 Å². The van der Waals surface area contributed by atoms with Gasteiger partial charge in [0.1, 0.15) is 0 Å². The molecule has 0 aliphatic heterocycles. The van der Waals surface area contributed by atoms with Crippen LogP contribution < -0.4 is 5.73 Å². The van der Waals surface area contributed by atoms with Crippen molar-refractivity contribution in [1.29, 1.82) is 0 Å². The van der Waals surface area contributed by atoms with Crippen molar-refractivity contribution in [3.8, 4) is 0 Å². The predicted molar refractivity (Wildman–Crippen MR) is 63.3 cm³/mol. The van der Waals surface area contributed by atoms with Gasteiger partial charge in [0.2, 0.25) is 0 Å². The molecule has 82 valence electrons. The van der Waals surface area contributed by atoms with Crippen molar-refractivity contribution in [2.75, 3.05) is 11.5 Å². The van der Waals surface area contributed by atoms with Crippen LogP contribution in [-0.2, 0) is 9.84 Å². The SMILES string of the molecule is Nc1ccc(S(=O)(=O)CC2CC2)c(Br)c1. The Balaban J connectivity index is 2.34. The van der Waals surface area contributed by atoms with E-state index in [0.29, 0.717) is 21.0 Å². The summed E-state index contributed by atoms with van der Waals surface area (Å²) in [5, 5.41) is 0. The number of sulfone groups is 1. The number of hydrogen-bond donors (Lipinski definition) is 1. The molecular formula is C10H12BrNO2S. The van der Waals surface area contributed by atoms with E-state index in [4.69, 9.17) is 5.73 Å². The summed E-state index contributed by atoms with van der Waals surface area (Å²) >= 11 is 3.23. The molecule has 0 atom stereocenters. The van der Waals surface area contributed by atoms with E-state index in [9.17, 15) is 8.42 Å². The molecule has 1 fully saturated rings. The summed E-state index contributed by atoms with van der Waals surface area (Å²) in [6.07, 6.45) is 2.07. The van der Waals surface area contributed by atoms with Crippen molar-refractivity contribution < 1.29 is 8.42 Å². The largest absolute Gasteiger partial charge is 0.399 e. The molecule has 3 nitrogen and oxygen atoms in total. The van der Waals surface area contributed by atoms with Gasteiger partial charge in [-0.2, -0.15) is 0 Å². The molecule has 1 aromatic carbocycles. The Morgan fingerprint density at radius 2 is 2.07 bits per heavy atom. The standard InChI is InChI=1S/C10H12BrNO2S/c11-9-5-8(12)3-4-10(9)15(13,14)6-7-1-2-7/h3-5,7H,1-2,6,12H2. The lowest BCUT2D eigenvalue weighted by Crippen LogP contribution is -2.09. The van der Waals surface area contributed by atoms with Crippen LogP contribution in [0.5, 0.6) is 0 Å². The Bertz CT molecular complexity index is 480. The molecule has 0 unspecified atom stereocenters. The maximum absolute atomic E-state index is 11.9. The molecule has 0 amide bonds. The molecule has 2 rings (SSSR count). The van der Waals surface area contributed by atoms with E-state index >= 15 is 0 Å². The normalized spacial score (nSPS) is 16.6. The Hall–Kier alpha value is -0.550. The van der Waals surface area contributed by atoms with E-state index in [2.05, 4.69) is 15.9 Å². The predicted octanol–water partition coefficient (Wildman–Crippen LogP) is 2.21. The molecule has 0 aromatic heterocycles. The molecular weight excluding hydrogens is 278 g/mol. The minimum Gasteiger partial charge on any atom is -0.399 e. The summed E-state index contributed by atoms with van der Waals surface area (Å²) < 4.78 is 24.4. The van der Waals surface area contributed by atoms with Crippen molar-refractivity contribution in [3.05, 3.63) is 22.7 Å². The monoisotopic (exact) mass is 289 g/mol. The third-order valence-corrected chi connectivity index (χ3v) is 5.30. The second-order valence-electron chi connectivity index (χ2n) is 3.91. The highest BCUT2D eigenvalue weighted by molar-refractivity contribution is 9.10. The number of anilines is 1. The van der Waals surface area contributed by atoms with Gasteiger partial charge in [-0.05, 0) is 52.9 Å². The van der Waals surface area contributed by atoms with E-state index in [1.54, 1.807) is 18.2 Å². The first-order chi connectivity index (χ1) is 6.99. The lowest BCUT2D eigenvalue weighted by molar-refractivity contribution is 0.592. The fraction of sp³-hybridized carbons (Fsp3) is 0.400. The molecule has 0 bridgehead atoms. The zero-order valence-electron chi connectivity index (χ0n) is 8.11. The zero-order valence-corrected chi connectivity index (χ0v) is 10.5. The first-order valence-corrected chi connectivity index (χ1v) is 7.21. The first-order valence-electron chi connectivity index (χ1n) is 4.77. The number of benzene rings is 1. The lowest BCUT2D eigenvalue weighted by Gasteiger charge is -2.06. The summed E-state index contributed by atoms with van der Waals surface area (Å²) in [5.41, 5.74) is 6.12. The molecule has 0 spiro atoms. The van der Waals surface area contributed by atoms with Crippen LogP contribution >= 0.6 is 15.9 Å². The van der Waals surface area contributed by atoms with Gasteiger partial charge in [0.25, 0.3) is 0 Å². The molecule has 15 heavy (non-hydrogen) atoms. The summed E-state index contributed by atoms with van der Waals surface area (Å²) in [4.78, 5) is 0.351. The second-order valence-corrected chi connectivity index (χ2v) is 6.77. The van der Waals surface area contributed by atoms with Gasteiger partial charge in [0.05, 0.1) is 10.6 Å². The van der Waals surface area contributed by atoms with Crippen LogP contribution in [0.2, 0.25) is 0 Å². The van der Waals surface area contributed by atoms with Gasteiger partial charge >= 0.3 is 0 Å². The van der Waals surface area contributed by atoms with Crippen molar-refractivity contribution in [2.24, 2.45) is 5.92 Å². The molecule has 5 heteroatoms. The van der Waals surface area contributed by atoms with Crippen molar-refractivity contribution >= 4 is 31.5 Å². The maximum Gasteiger partial charge on any atom is 0.179 e. The number of nitrogen functional groups attached to an aromatic ring is 1. The highest BCUT2D eigenvalue weighted by Gasteiger charge is 2.29. The van der Waals surface area contributed by atoms with Crippen molar-refractivity contribution in [2.45, 2.75) is 17.7 Å². The van der Waals surface area contributed by atoms with Crippen molar-refractivity contribution in [3.63, 3.8) is 0 Å². The fourth-order valence-corrected chi connectivity index (χ4v) is 4.36. The summed E-state index contributed by atoms with van der Waals surface area (Å²) in [6, 6.07) is 4.81. The van der Waals surface area contributed by atoms with Gasteiger partial charge < -0.3 is 5.73 Å². The third kappa shape index (κ3) is 2.52. The summed E-state index contributed by atoms with van der Waals surface area (Å²) in [5.74, 6) is 0.620. The number of nitrogens with two attached hydrogens (primary N) is 1. The van der Waals surface area contributed by atoms with E-state index in [1.807, 2.05) is 0 Å². The maximum atomic E-state index is 11.9. The van der Waals surface area contributed by atoms with Crippen molar-refractivity contribution in [1.82, 2.24) is 0 Å². The van der Waals surface area contributed by atoms with E-state index in [1.165, 1.54) is 0 Å².